The normalized spacial score (nSPS) is 12.0. The third kappa shape index (κ3) is 3.31. The lowest BCUT2D eigenvalue weighted by Gasteiger charge is -2.14. The van der Waals surface area contributed by atoms with Crippen molar-refractivity contribution in [1.82, 2.24) is 10.3 Å². The molecule has 0 saturated heterocycles. The van der Waals surface area contributed by atoms with Gasteiger partial charge in [-0.2, -0.15) is 0 Å². The van der Waals surface area contributed by atoms with Crippen LogP contribution in [0.5, 0.6) is 0 Å². The van der Waals surface area contributed by atoms with Gasteiger partial charge in [-0.05, 0) is 41.0 Å². The molecule has 0 fully saturated rings. The summed E-state index contributed by atoms with van der Waals surface area (Å²) in [5.74, 6) is 0.0274. The molecule has 0 aliphatic rings. The summed E-state index contributed by atoms with van der Waals surface area (Å²) in [6.07, 6.45) is 3.86. The van der Waals surface area contributed by atoms with Crippen molar-refractivity contribution in [2.75, 3.05) is 0 Å². The fourth-order valence-electron chi connectivity index (χ4n) is 2.56. The highest BCUT2D eigenvalue weighted by molar-refractivity contribution is 5.85. The van der Waals surface area contributed by atoms with E-state index < -0.39 is 0 Å². The zero-order valence-corrected chi connectivity index (χ0v) is 12.5. The second-order valence-electron chi connectivity index (χ2n) is 5.43. The van der Waals surface area contributed by atoms with E-state index in [9.17, 15) is 4.79 Å². The van der Waals surface area contributed by atoms with E-state index in [1.165, 1.54) is 5.39 Å². The van der Waals surface area contributed by atoms with Crippen LogP contribution in [0.2, 0.25) is 0 Å². The molecular weight excluding hydrogens is 272 g/mol. The van der Waals surface area contributed by atoms with Crippen molar-refractivity contribution < 1.29 is 4.79 Å². The van der Waals surface area contributed by atoms with Gasteiger partial charge in [0, 0.05) is 12.4 Å². The predicted octanol–water partition coefficient (Wildman–Crippen LogP) is 3.65. The fraction of sp³-hybridized carbons (Fsp3) is 0.158. The lowest BCUT2D eigenvalue weighted by atomic mass is 10.0. The van der Waals surface area contributed by atoms with Gasteiger partial charge in [0.15, 0.2) is 0 Å². The summed E-state index contributed by atoms with van der Waals surface area (Å²) in [5, 5.41) is 5.38. The van der Waals surface area contributed by atoms with Gasteiger partial charge in [0.05, 0.1) is 12.5 Å². The Labute approximate surface area is 130 Å². The second kappa shape index (κ2) is 6.39. The molecule has 3 aromatic rings. The molecule has 3 nitrogen and oxygen atoms in total. The highest BCUT2D eigenvalue weighted by atomic mass is 16.1. The molecule has 3 heteroatoms. The Bertz CT molecular complexity index is 784. The zero-order chi connectivity index (χ0) is 15.4. The monoisotopic (exact) mass is 290 g/mol. The number of carbonyl (C=O) groups is 1. The molecule has 0 unspecified atom stereocenters. The molecule has 110 valence electrons. The van der Waals surface area contributed by atoms with Crippen LogP contribution in [-0.2, 0) is 11.2 Å². The van der Waals surface area contributed by atoms with E-state index in [4.69, 9.17) is 0 Å². The van der Waals surface area contributed by atoms with Crippen molar-refractivity contribution in [3.63, 3.8) is 0 Å². The minimum Gasteiger partial charge on any atom is -0.349 e. The first kappa shape index (κ1) is 14.3. The fourth-order valence-corrected chi connectivity index (χ4v) is 2.56. The lowest BCUT2D eigenvalue weighted by Crippen LogP contribution is -2.28. The number of amides is 1. The molecule has 1 heterocycles. The quantitative estimate of drug-likeness (QED) is 0.797. The number of nitrogens with one attached hydrogen (secondary N) is 1. The number of benzene rings is 2. The van der Waals surface area contributed by atoms with E-state index in [1.807, 2.05) is 37.3 Å². The number of fused-ring (bicyclic) bond motifs is 1. The Kier molecular flexibility index (Phi) is 4.15. The predicted molar refractivity (Wildman–Crippen MR) is 88.4 cm³/mol. The Hall–Kier alpha value is -2.68. The topological polar surface area (TPSA) is 42.0 Å². The van der Waals surface area contributed by atoms with Crippen LogP contribution in [0.4, 0.5) is 0 Å². The van der Waals surface area contributed by atoms with Gasteiger partial charge in [-0.25, -0.2) is 0 Å². The molecule has 0 aliphatic carbocycles. The van der Waals surface area contributed by atoms with Crippen molar-refractivity contribution in [3.05, 3.63) is 78.1 Å². The van der Waals surface area contributed by atoms with Gasteiger partial charge in [-0.1, -0.05) is 42.5 Å². The smallest absolute Gasteiger partial charge is 0.224 e. The largest absolute Gasteiger partial charge is 0.349 e. The molecule has 0 saturated carbocycles. The van der Waals surface area contributed by atoms with Crippen LogP contribution in [0, 0.1) is 0 Å². The average molecular weight is 290 g/mol. The minimum absolute atomic E-state index is 0.0176. The highest BCUT2D eigenvalue weighted by Gasteiger charge is 2.10. The minimum atomic E-state index is -0.0176. The molecule has 1 N–H and O–H groups in total. The molecule has 3 rings (SSSR count). The maximum atomic E-state index is 12.2. The van der Waals surface area contributed by atoms with Crippen LogP contribution >= 0.6 is 0 Å². The molecular formula is C19H18N2O. The molecule has 1 atom stereocenters. The third-order valence-corrected chi connectivity index (χ3v) is 3.76. The van der Waals surface area contributed by atoms with Crippen molar-refractivity contribution in [2.45, 2.75) is 19.4 Å². The van der Waals surface area contributed by atoms with Gasteiger partial charge in [-0.15, -0.1) is 0 Å². The van der Waals surface area contributed by atoms with Gasteiger partial charge in [0.2, 0.25) is 5.91 Å². The maximum absolute atomic E-state index is 12.2. The van der Waals surface area contributed by atoms with E-state index in [0.29, 0.717) is 6.42 Å². The molecule has 2 aromatic carbocycles. The number of pyridine rings is 1. The standard InChI is InChI=1S/C19H18N2O/c1-14(16-8-10-20-11-9-16)21-19(22)13-15-6-7-17-4-2-3-5-18(17)12-15/h2-12,14H,13H2,1H3,(H,21,22)/t14-/m0/s1. The van der Waals surface area contributed by atoms with Crippen LogP contribution in [0.1, 0.15) is 24.1 Å². The average Bonchev–Trinajstić information content (AvgIpc) is 2.55. The van der Waals surface area contributed by atoms with E-state index >= 15 is 0 Å². The van der Waals surface area contributed by atoms with Crippen molar-refractivity contribution in [2.24, 2.45) is 0 Å². The van der Waals surface area contributed by atoms with Gasteiger partial charge in [-0.3, -0.25) is 9.78 Å². The first-order valence-electron chi connectivity index (χ1n) is 7.39. The van der Waals surface area contributed by atoms with Crippen LogP contribution in [-0.4, -0.2) is 10.9 Å². The molecule has 22 heavy (non-hydrogen) atoms. The Balaban J connectivity index is 1.68. The van der Waals surface area contributed by atoms with Gasteiger partial charge in [0.25, 0.3) is 0 Å². The summed E-state index contributed by atoms with van der Waals surface area (Å²) in [4.78, 5) is 16.2. The van der Waals surface area contributed by atoms with Gasteiger partial charge >= 0.3 is 0 Å². The Morgan fingerprint density at radius 1 is 1.05 bits per heavy atom. The van der Waals surface area contributed by atoms with Gasteiger partial charge < -0.3 is 5.32 Å². The summed E-state index contributed by atoms with van der Waals surface area (Å²) in [5.41, 5.74) is 2.08. The Morgan fingerprint density at radius 2 is 1.77 bits per heavy atom. The van der Waals surface area contributed by atoms with E-state index in [2.05, 4.69) is 34.6 Å². The number of rotatable bonds is 4. The van der Waals surface area contributed by atoms with Crippen molar-refractivity contribution >= 4 is 16.7 Å². The molecule has 1 amide bonds. The first-order valence-corrected chi connectivity index (χ1v) is 7.39. The highest BCUT2D eigenvalue weighted by Crippen LogP contribution is 2.16. The zero-order valence-electron chi connectivity index (χ0n) is 12.5. The summed E-state index contributed by atoms with van der Waals surface area (Å²) < 4.78 is 0. The van der Waals surface area contributed by atoms with Crippen molar-refractivity contribution in [3.8, 4) is 0 Å². The van der Waals surface area contributed by atoms with Crippen LogP contribution in [0.3, 0.4) is 0 Å². The third-order valence-electron chi connectivity index (χ3n) is 3.76. The number of hydrogen-bond donors (Lipinski definition) is 1. The van der Waals surface area contributed by atoms with Crippen LogP contribution in [0.15, 0.2) is 67.0 Å². The Morgan fingerprint density at radius 3 is 2.55 bits per heavy atom. The van der Waals surface area contributed by atoms with E-state index in [1.54, 1.807) is 12.4 Å². The SMILES string of the molecule is C[C@H](NC(=O)Cc1ccc2ccccc2c1)c1ccncc1. The maximum Gasteiger partial charge on any atom is 0.224 e. The summed E-state index contributed by atoms with van der Waals surface area (Å²) in [6.45, 7) is 1.98. The number of carbonyl (C=O) groups excluding carboxylic acids is 1. The molecule has 0 aliphatic heterocycles. The number of aromatic nitrogens is 1. The molecule has 0 spiro atoms. The molecule has 0 bridgehead atoms. The summed E-state index contributed by atoms with van der Waals surface area (Å²) in [7, 11) is 0. The van der Waals surface area contributed by atoms with Gasteiger partial charge in [0.1, 0.15) is 0 Å². The van der Waals surface area contributed by atoms with E-state index in [0.717, 1.165) is 16.5 Å². The number of nitrogens with zero attached hydrogens (tertiary/aromatic N) is 1. The summed E-state index contributed by atoms with van der Waals surface area (Å²) in [6, 6.07) is 18.1. The molecule has 0 radical (unpaired) electrons. The second-order valence-corrected chi connectivity index (χ2v) is 5.43. The van der Waals surface area contributed by atoms with Crippen LogP contribution < -0.4 is 5.32 Å². The number of hydrogen-bond acceptors (Lipinski definition) is 2. The molecule has 1 aromatic heterocycles. The van der Waals surface area contributed by atoms with Crippen LogP contribution in [0.25, 0.3) is 10.8 Å². The van der Waals surface area contributed by atoms with Crippen molar-refractivity contribution in [1.29, 1.82) is 0 Å². The first-order chi connectivity index (χ1) is 10.7. The summed E-state index contributed by atoms with van der Waals surface area (Å²) >= 11 is 0. The lowest BCUT2D eigenvalue weighted by molar-refractivity contribution is -0.121. The van der Waals surface area contributed by atoms with E-state index in [-0.39, 0.29) is 11.9 Å².